The smallest absolute Gasteiger partial charge is 0.119 e. The molecule has 2 N–H and O–H groups in total. The van der Waals surface area contributed by atoms with E-state index in [-0.39, 0.29) is 6.04 Å². The summed E-state index contributed by atoms with van der Waals surface area (Å²) in [7, 11) is 3.91. The van der Waals surface area contributed by atoms with Crippen LogP contribution in [0.4, 0.5) is 0 Å². The summed E-state index contributed by atoms with van der Waals surface area (Å²) < 4.78 is 6.46. The number of likely N-dealkylation sites (N-methyl/N-ethyl adjacent to an activating group) is 1. The molecule has 1 aromatic rings. The first-order valence-electron chi connectivity index (χ1n) is 7.42. The third-order valence-electron chi connectivity index (χ3n) is 4.43. The maximum Gasteiger partial charge on any atom is 0.119 e. The van der Waals surface area contributed by atoms with Crippen LogP contribution in [-0.2, 0) is 0 Å². The first-order chi connectivity index (χ1) is 9.67. The third kappa shape index (κ3) is 3.54. The molecule has 1 aromatic carbocycles. The van der Waals surface area contributed by atoms with Gasteiger partial charge in [-0.1, -0.05) is 35.2 Å². The summed E-state index contributed by atoms with van der Waals surface area (Å²) in [5.41, 5.74) is 7.29. The SMILES string of the molecule is COc1ccc(Br)c(C(CN)N(C)C2CCCCC2)c1. The quantitative estimate of drug-likeness (QED) is 0.887. The van der Waals surface area contributed by atoms with Gasteiger partial charge in [-0.25, -0.2) is 0 Å². The fraction of sp³-hybridized carbons (Fsp3) is 0.625. The molecule has 3 nitrogen and oxygen atoms in total. The molecule has 0 heterocycles. The van der Waals surface area contributed by atoms with Crippen molar-refractivity contribution in [2.45, 2.75) is 44.2 Å². The Morgan fingerprint density at radius 2 is 2.05 bits per heavy atom. The van der Waals surface area contributed by atoms with Gasteiger partial charge in [-0.05, 0) is 43.7 Å². The van der Waals surface area contributed by atoms with Crippen molar-refractivity contribution in [3.8, 4) is 5.75 Å². The molecular formula is C16H25BrN2O. The molecule has 2 rings (SSSR count). The second-order valence-electron chi connectivity index (χ2n) is 5.60. The van der Waals surface area contributed by atoms with Crippen LogP contribution in [-0.4, -0.2) is 31.6 Å². The lowest BCUT2D eigenvalue weighted by atomic mass is 9.92. The molecule has 1 aliphatic rings. The zero-order chi connectivity index (χ0) is 14.5. The first-order valence-corrected chi connectivity index (χ1v) is 8.22. The standard InChI is InChI=1S/C16H25BrN2O/c1-19(12-6-4-3-5-7-12)16(11-18)14-10-13(20-2)8-9-15(14)17/h8-10,12,16H,3-7,11,18H2,1-2H3. The molecule has 4 heteroatoms. The number of hydrogen-bond acceptors (Lipinski definition) is 3. The van der Waals surface area contributed by atoms with Gasteiger partial charge in [0.25, 0.3) is 0 Å². The number of methoxy groups -OCH3 is 1. The molecule has 1 fully saturated rings. The van der Waals surface area contributed by atoms with Crippen molar-refractivity contribution in [2.75, 3.05) is 20.7 Å². The van der Waals surface area contributed by atoms with Crippen molar-refractivity contribution in [3.63, 3.8) is 0 Å². The van der Waals surface area contributed by atoms with E-state index in [1.807, 2.05) is 12.1 Å². The van der Waals surface area contributed by atoms with E-state index >= 15 is 0 Å². The molecule has 0 saturated heterocycles. The fourth-order valence-electron chi connectivity index (χ4n) is 3.16. The van der Waals surface area contributed by atoms with Gasteiger partial charge in [-0.2, -0.15) is 0 Å². The van der Waals surface area contributed by atoms with Gasteiger partial charge in [0.2, 0.25) is 0 Å². The molecule has 20 heavy (non-hydrogen) atoms. The molecule has 1 saturated carbocycles. The topological polar surface area (TPSA) is 38.5 Å². The highest BCUT2D eigenvalue weighted by Crippen LogP contribution is 2.33. The van der Waals surface area contributed by atoms with Crippen LogP contribution >= 0.6 is 15.9 Å². The summed E-state index contributed by atoms with van der Waals surface area (Å²) >= 11 is 3.66. The van der Waals surface area contributed by atoms with Crippen LogP contribution in [0.15, 0.2) is 22.7 Å². The lowest BCUT2D eigenvalue weighted by Crippen LogP contribution is -2.39. The number of hydrogen-bond donors (Lipinski definition) is 1. The Bertz CT molecular complexity index is 432. The molecule has 1 atom stereocenters. The van der Waals surface area contributed by atoms with E-state index in [9.17, 15) is 0 Å². The minimum atomic E-state index is 0.238. The Morgan fingerprint density at radius 3 is 2.65 bits per heavy atom. The predicted octanol–water partition coefficient (Wildman–Crippen LogP) is 3.72. The summed E-state index contributed by atoms with van der Waals surface area (Å²) in [4.78, 5) is 2.46. The van der Waals surface area contributed by atoms with Crippen LogP contribution in [0.3, 0.4) is 0 Å². The molecule has 1 aliphatic carbocycles. The highest BCUT2D eigenvalue weighted by Gasteiger charge is 2.26. The van der Waals surface area contributed by atoms with E-state index in [1.165, 1.54) is 37.7 Å². The van der Waals surface area contributed by atoms with Gasteiger partial charge in [0, 0.05) is 23.1 Å². The van der Waals surface area contributed by atoms with Crippen molar-refractivity contribution in [3.05, 3.63) is 28.2 Å². The maximum atomic E-state index is 6.07. The fourth-order valence-corrected chi connectivity index (χ4v) is 3.67. The zero-order valence-corrected chi connectivity index (χ0v) is 14.0. The molecule has 0 amide bonds. The summed E-state index contributed by atoms with van der Waals surface area (Å²) in [6.07, 6.45) is 6.63. The second kappa shape index (κ2) is 7.43. The predicted molar refractivity (Wildman–Crippen MR) is 87.1 cm³/mol. The van der Waals surface area contributed by atoms with Crippen molar-refractivity contribution < 1.29 is 4.74 Å². The van der Waals surface area contributed by atoms with Gasteiger partial charge in [0.15, 0.2) is 0 Å². The average Bonchev–Trinajstić information content (AvgIpc) is 2.50. The van der Waals surface area contributed by atoms with Crippen molar-refractivity contribution in [1.29, 1.82) is 0 Å². The molecule has 0 bridgehead atoms. The minimum Gasteiger partial charge on any atom is -0.497 e. The van der Waals surface area contributed by atoms with Crippen LogP contribution in [0.2, 0.25) is 0 Å². The highest BCUT2D eigenvalue weighted by atomic mass is 79.9. The van der Waals surface area contributed by atoms with Crippen LogP contribution in [0.5, 0.6) is 5.75 Å². The maximum absolute atomic E-state index is 6.07. The highest BCUT2D eigenvalue weighted by molar-refractivity contribution is 9.10. The summed E-state index contributed by atoms with van der Waals surface area (Å²) in [5, 5.41) is 0. The first kappa shape index (κ1) is 15.8. The van der Waals surface area contributed by atoms with Crippen LogP contribution in [0, 0.1) is 0 Å². The van der Waals surface area contributed by atoms with Crippen LogP contribution in [0.1, 0.15) is 43.7 Å². The van der Waals surface area contributed by atoms with Crippen molar-refractivity contribution in [1.82, 2.24) is 4.90 Å². The van der Waals surface area contributed by atoms with E-state index in [1.54, 1.807) is 7.11 Å². The number of nitrogens with zero attached hydrogens (tertiary/aromatic N) is 1. The van der Waals surface area contributed by atoms with Crippen LogP contribution in [0.25, 0.3) is 0 Å². The zero-order valence-electron chi connectivity index (χ0n) is 12.4. The summed E-state index contributed by atoms with van der Waals surface area (Å²) in [5.74, 6) is 0.888. The van der Waals surface area contributed by atoms with Gasteiger partial charge < -0.3 is 10.5 Å². The Kier molecular flexibility index (Phi) is 5.87. The monoisotopic (exact) mass is 340 g/mol. The number of nitrogens with two attached hydrogens (primary N) is 1. The summed E-state index contributed by atoms with van der Waals surface area (Å²) in [6, 6.07) is 7.01. The van der Waals surface area contributed by atoms with E-state index in [4.69, 9.17) is 10.5 Å². The number of benzene rings is 1. The van der Waals surface area contributed by atoms with E-state index < -0.39 is 0 Å². The van der Waals surface area contributed by atoms with E-state index in [0.29, 0.717) is 12.6 Å². The minimum absolute atomic E-state index is 0.238. The molecule has 0 radical (unpaired) electrons. The Labute approximate surface area is 130 Å². The van der Waals surface area contributed by atoms with Gasteiger partial charge in [0.1, 0.15) is 5.75 Å². The van der Waals surface area contributed by atoms with E-state index in [0.717, 1.165) is 10.2 Å². The Hall–Kier alpha value is -0.580. The van der Waals surface area contributed by atoms with Crippen LogP contribution < -0.4 is 10.5 Å². The van der Waals surface area contributed by atoms with Crippen molar-refractivity contribution >= 4 is 15.9 Å². The van der Waals surface area contributed by atoms with Gasteiger partial charge in [-0.15, -0.1) is 0 Å². The molecule has 0 aromatic heterocycles. The molecular weight excluding hydrogens is 316 g/mol. The Balaban J connectivity index is 2.22. The average molecular weight is 341 g/mol. The molecule has 1 unspecified atom stereocenters. The number of rotatable bonds is 5. The van der Waals surface area contributed by atoms with E-state index in [2.05, 4.69) is 33.9 Å². The Morgan fingerprint density at radius 1 is 1.35 bits per heavy atom. The molecule has 0 spiro atoms. The summed E-state index contributed by atoms with van der Waals surface area (Å²) in [6.45, 7) is 0.624. The molecule has 112 valence electrons. The van der Waals surface area contributed by atoms with Gasteiger partial charge >= 0.3 is 0 Å². The molecule has 0 aliphatic heterocycles. The lowest BCUT2D eigenvalue weighted by molar-refractivity contribution is 0.140. The largest absolute Gasteiger partial charge is 0.497 e. The normalized spacial score (nSPS) is 18.2. The van der Waals surface area contributed by atoms with Gasteiger partial charge in [0.05, 0.1) is 7.11 Å². The van der Waals surface area contributed by atoms with Gasteiger partial charge in [-0.3, -0.25) is 4.90 Å². The third-order valence-corrected chi connectivity index (χ3v) is 5.15. The lowest BCUT2D eigenvalue weighted by Gasteiger charge is -2.37. The number of halogens is 1. The number of ether oxygens (including phenoxy) is 1. The van der Waals surface area contributed by atoms with Crippen molar-refractivity contribution in [2.24, 2.45) is 5.73 Å². The second-order valence-corrected chi connectivity index (χ2v) is 6.45.